The third-order valence-electron chi connectivity index (χ3n) is 1.77. The lowest BCUT2D eigenvalue weighted by Crippen LogP contribution is -2.29. The standard InChI is InChI=1S/C6H12N2O2/c1-2-7-3-4-8(5-7)6(9)10/h2-5H2,1H3,(H,9,10). The van der Waals surface area contributed by atoms with E-state index >= 15 is 0 Å². The Labute approximate surface area is 60.0 Å². The number of hydrogen-bond donors (Lipinski definition) is 1. The van der Waals surface area contributed by atoms with E-state index in [9.17, 15) is 4.79 Å². The van der Waals surface area contributed by atoms with Gasteiger partial charge in [-0.05, 0) is 6.54 Å². The molecule has 1 amide bonds. The molecule has 0 aromatic rings. The minimum atomic E-state index is -0.809. The molecule has 0 radical (unpaired) electrons. The summed E-state index contributed by atoms with van der Waals surface area (Å²) in [6.07, 6.45) is -0.809. The average molecular weight is 144 g/mol. The fraction of sp³-hybridized carbons (Fsp3) is 0.833. The maximum Gasteiger partial charge on any atom is 0.408 e. The van der Waals surface area contributed by atoms with Crippen LogP contribution in [0.25, 0.3) is 0 Å². The Morgan fingerprint density at radius 2 is 2.30 bits per heavy atom. The lowest BCUT2D eigenvalue weighted by molar-refractivity contribution is 0.147. The second-order valence-corrected chi connectivity index (χ2v) is 2.40. The van der Waals surface area contributed by atoms with Gasteiger partial charge in [0, 0.05) is 13.1 Å². The quantitative estimate of drug-likeness (QED) is 0.574. The molecular weight excluding hydrogens is 132 g/mol. The average Bonchev–Trinajstić information content (AvgIpc) is 2.34. The van der Waals surface area contributed by atoms with E-state index in [4.69, 9.17) is 5.11 Å². The summed E-state index contributed by atoms with van der Waals surface area (Å²) in [5.41, 5.74) is 0. The summed E-state index contributed by atoms with van der Waals surface area (Å²) in [7, 11) is 0. The second-order valence-electron chi connectivity index (χ2n) is 2.40. The van der Waals surface area contributed by atoms with Crippen molar-refractivity contribution in [2.24, 2.45) is 0 Å². The van der Waals surface area contributed by atoms with Crippen LogP contribution in [0.15, 0.2) is 0 Å². The number of hydrogen-bond acceptors (Lipinski definition) is 2. The zero-order chi connectivity index (χ0) is 7.56. The van der Waals surface area contributed by atoms with E-state index in [-0.39, 0.29) is 0 Å². The Morgan fingerprint density at radius 1 is 1.60 bits per heavy atom. The third kappa shape index (κ3) is 1.39. The molecule has 4 nitrogen and oxygen atoms in total. The molecule has 0 unspecified atom stereocenters. The van der Waals surface area contributed by atoms with Crippen molar-refractivity contribution >= 4 is 6.09 Å². The van der Waals surface area contributed by atoms with Crippen LogP contribution in [0.2, 0.25) is 0 Å². The SMILES string of the molecule is CCN1CCN(C(=O)O)C1. The fourth-order valence-corrected chi connectivity index (χ4v) is 1.06. The molecule has 1 rings (SSSR count). The highest BCUT2D eigenvalue weighted by Crippen LogP contribution is 2.03. The van der Waals surface area contributed by atoms with E-state index < -0.39 is 6.09 Å². The maximum absolute atomic E-state index is 10.4. The van der Waals surface area contributed by atoms with Crippen LogP contribution in [0.1, 0.15) is 6.92 Å². The number of amides is 1. The summed E-state index contributed by atoms with van der Waals surface area (Å²) in [6, 6.07) is 0. The first-order valence-electron chi connectivity index (χ1n) is 3.44. The molecule has 1 aliphatic heterocycles. The van der Waals surface area contributed by atoms with Crippen molar-refractivity contribution in [3.05, 3.63) is 0 Å². The maximum atomic E-state index is 10.4. The van der Waals surface area contributed by atoms with Crippen molar-refractivity contribution in [1.82, 2.24) is 9.80 Å². The first-order valence-corrected chi connectivity index (χ1v) is 3.44. The molecule has 0 atom stereocenters. The molecule has 0 spiro atoms. The van der Waals surface area contributed by atoms with Gasteiger partial charge >= 0.3 is 6.09 Å². The van der Waals surface area contributed by atoms with Crippen molar-refractivity contribution in [3.8, 4) is 0 Å². The van der Waals surface area contributed by atoms with E-state index in [1.54, 1.807) is 0 Å². The summed E-state index contributed by atoms with van der Waals surface area (Å²) in [5.74, 6) is 0. The molecule has 1 fully saturated rings. The van der Waals surface area contributed by atoms with Crippen LogP contribution in [0.5, 0.6) is 0 Å². The Morgan fingerprint density at radius 3 is 2.60 bits per heavy atom. The van der Waals surface area contributed by atoms with Gasteiger partial charge in [0.1, 0.15) is 0 Å². The minimum absolute atomic E-state index is 0.575. The third-order valence-corrected chi connectivity index (χ3v) is 1.77. The second kappa shape index (κ2) is 2.88. The molecule has 1 saturated heterocycles. The van der Waals surface area contributed by atoms with Crippen LogP contribution in [-0.4, -0.2) is 47.3 Å². The first kappa shape index (κ1) is 7.34. The van der Waals surface area contributed by atoms with Crippen LogP contribution >= 0.6 is 0 Å². The van der Waals surface area contributed by atoms with Gasteiger partial charge in [0.25, 0.3) is 0 Å². The monoisotopic (exact) mass is 144 g/mol. The predicted octanol–water partition coefficient (Wildman–Crippen LogP) is 0.259. The highest BCUT2D eigenvalue weighted by atomic mass is 16.4. The van der Waals surface area contributed by atoms with Crippen molar-refractivity contribution in [3.63, 3.8) is 0 Å². The largest absolute Gasteiger partial charge is 0.465 e. The van der Waals surface area contributed by atoms with Gasteiger partial charge in [-0.2, -0.15) is 0 Å². The number of nitrogens with zero attached hydrogens (tertiary/aromatic N) is 2. The summed E-state index contributed by atoms with van der Waals surface area (Å²) < 4.78 is 0. The van der Waals surface area contributed by atoms with E-state index in [0.717, 1.165) is 13.1 Å². The Bertz CT molecular complexity index is 138. The molecule has 0 saturated carbocycles. The molecule has 0 aliphatic carbocycles. The fourth-order valence-electron chi connectivity index (χ4n) is 1.06. The van der Waals surface area contributed by atoms with Gasteiger partial charge in [0.2, 0.25) is 0 Å². The molecule has 0 aromatic heterocycles. The molecule has 58 valence electrons. The van der Waals surface area contributed by atoms with E-state index in [2.05, 4.69) is 4.90 Å². The Kier molecular flexibility index (Phi) is 2.11. The topological polar surface area (TPSA) is 43.8 Å². The lowest BCUT2D eigenvalue weighted by Gasteiger charge is -2.12. The van der Waals surface area contributed by atoms with Gasteiger partial charge in [-0.25, -0.2) is 4.79 Å². The van der Waals surface area contributed by atoms with Gasteiger partial charge in [0.15, 0.2) is 0 Å². The van der Waals surface area contributed by atoms with Crippen molar-refractivity contribution in [1.29, 1.82) is 0 Å². The van der Waals surface area contributed by atoms with E-state index in [1.165, 1.54) is 4.90 Å². The van der Waals surface area contributed by atoms with Gasteiger partial charge in [-0.3, -0.25) is 9.80 Å². The number of carboxylic acid groups (broad SMARTS) is 1. The lowest BCUT2D eigenvalue weighted by atomic mass is 10.6. The molecule has 4 heteroatoms. The van der Waals surface area contributed by atoms with E-state index in [0.29, 0.717) is 13.2 Å². The van der Waals surface area contributed by atoms with Crippen molar-refractivity contribution in [2.75, 3.05) is 26.3 Å². The van der Waals surface area contributed by atoms with Crippen LogP contribution in [0, 0.1) is 0 Å². The normalized spacial score (nSPS) is 19.9. The van der Waals surface area contributed by atoms with Crippen LogP contribution < -0.4 is 0 Å². The van der Waals surface area contributed by atoms with Crippen molar-refractivity contribution < 1.29 is 9.90 Å². The molecule has 1 N–H and O–H groups in total. The molecular formula is C6H12N2O2. The first-order chi connectivity index (χ1) is 4.74. The van der Waals surface area contributed by atoms with Crippen LogP contribution in [0.4, 0.5) is 4.79 Å². The number of likely N-dealkylation sites (N-methyl/N-ethyl adjacent to an activating group) is 1. The molecule has 1 aliphatic rings. The zero-order valence-electron chi connectivity index (χ0n) is 6.08. The van der Waals surface area contributed by atoms with Crippen LogP contribution in [-0.2, 0) is 0 Å². The van der Waals surface area contributed by atoms with Gasteiger partial charge < -0.3 is 5.11 Å². The van der Waals surface area contributed by atoms with E-state index in [1.807, 2.05) is 6.92 Å². The van der Waals surface area contributed by atoms with Gasteiger partial charge in [-0.1, -0.05) is 6.92 Å². The van der Waals surface area contributed by atoms with Gasteiger partial charge in [0.05, 0.1) is 6.67 Å². The molecule has 0 aromatic carbocycles. The number of rotatable bonds is 1. The summed E-state index contributed by atoms with van der Waals surface area (Å²) in [5, 5.41) is 8.53. The van der Waals surface area contributed by atoms with Gasteiger partial charge in [-0.15, -0.1) is 0 Å². The summed E-state index contributed by atoms with van der Waals surface area (Å²) >= 11 is 0. The summed E-state index contributed by atoms with van der Waals surface area (Å²) in [4.78, 5) is 13.9. The van der Waals surface area contributed by atoms with Crippen LogP contribution in [0.3, 0.4) is 0 Å². The highest BCUT2D eigenvalue weighted by Gasteiger charge is 2.21. The molecule has 1 heterocycles. The van der Waals surface area contributed by atoms with Crippen molar-refractivity contribution in [2.45, 2.75) is 6.92 Å². The Balaban J connectivity index is 2.35. The molecule has 0 bridgehead atoms. The molecule has 10 heavy (non-hydrogen) atoms. The smallest absolute Gasteiger partial charge is 0.408 e. The number of carbonyl (C=O) groups is 1. The highest BCUT2D eigenvalue weighted by molar-refractivity contribution is 5.65. The zero-order valence-corrected chi connectivity index (χ0v) is 6.08. The Hall–Kier alpha value is -0.770. The minimum Gasteiger partial charge on any atom is -0.465 e. The predicted molar refractivity (Wildman–Crippen MR) is 36.8 cm³/mol. The summed E-state index contributed by atoms with van der Waals surface area (Å²) in [6.45, 7) is 5.08.